The summed E-state index contributed by atoms with van der Waals surface area (Å²) in [6.07, 6.45) is 2.11. The number of hydrogen-bond donors (Lipinski definition) is 1. The van der Waals surface area contributed by atoms with Gasteiger partial charge in [0, 0.05) is 37.4 Å². The molecule has 0 saturated carbocycles. The average Bonchev–Trinajstić information content (AvgIpc) is 2.94. The fraction of sp³-hybridized carbons (Fsp3) is 0.412. The van der Waals surface area contributed by atoms with Crippen LogP contribution in [-0.4, -0.2) is 25.8 Å². The summed E-state index contributed by atoms with van der Waals surface area (Å²) in [6, 6.07) is 12.7. The molecule has 2 atom stereocenters. The van der Waals surface area contributed by atoms with Crippen molar-refractivity contribution in [3.05, 3.63) is 42.0 Å². The fourth-order valence-corrected chi connectivity index (χ4v) is 3.53. The SMILES string of the molecule is COC1CC2(CCNC2)Oc2c1ccc1ccccc21. The van der Waals surface area contributed by atoms with Gasteiger partial charge in [-0.2, -0.15) is 0 Å². The van der Waals surface area contributed by atoms with Crippen molar-refractivity contribution in [1.29, 1.82) is 0 Å². The van der Waals surface area contributed by atoms with E-state index in [1.165, 1.54) is 16.3 Å². The Morgan fingerprint density at radius 2 is 2.15 bits per heavy atom. The molecule has 2 aromatic rings. The van der Waals surface area contributed by atoms with Gasteiger partial charge in [0.2, 0.25) is 0 Å². The van der Waals surface area contributed by atoms with Gasteiger partial charge in [-0.25, -0.2) is 0 Å². The molecule has 2 unspecified atom stereocenters. The number of nitrogens with one attached hydrogen (secondary N) is 1. The quantitative estimate of drug-likeness (QED) is 0.863. The molecule has 0 amide bonds. The monoisotopic (exact) mass is 269 g/mol. The van der Waals surface area contributed by atoms with E-state index in [0.717, 1.165) is 31.7 Å². The van der Waals surface area contributed by atoms with Crippen LogP contribution in [-0.2, 0) is 4.74 Å². The van der Waals surface area contributed by atoms with Crippen LogP contribution in [0.4, 0.5) is 0 Å². The number of benzene rings is 2. The molecule has 2 aromatic carbocycles. The number of ether oxygens (including phenoxy) is 2. The third kappa shape index (κ3) is 1.74. The van der Waals surface area contributed by atoms with E-state index in [2.05, 4.69) is 41.7 Å². The number of hydrogen-bond acceptors (Lipinski definition) is 3. The van der Waals surface area contributed by atoms with E-state index in [0.29, 0.717) is 0 Å². The zero-order chi connectivity index (χ0) is 13.6. The first-order valence-electron chi connectivity index (χ1n) is 7.25. The lowest BCUT2D eigenvalue weighted by Crippen LogP contribution is -2.43. The predicted octanol–water partition coefficient (Wildman–Crippen LogP) is 3.04. The van der Waals surface area contributed by atoms with Gasteiger partial charge in [-0.05, 0) is 11.9 Å². The average molecular weight is 269 g/mol. The molecule has 20 heavy (non-hydrogen) atoms. The van der Waals surface area contributed by atoms with Gasteiger partial charge in [-0.1, -0.05) is 36.4 Å². The molecule has 0 aliphatic carbocycles. The minimum absolute atomic E-state index is 0.0994. The minimum Gasteiger partial charge on any atom is -0.485 e. The molecule has 1 fully saturated rings. The van der Waals surface area contributed by atoms with Gasteiger partial charge in [0.15, 0.2) is 0 Å². The van der Waals surface area contributed by atoms with Crippen LogP contribution >= 0.6 is 0 Å². The summed E-state index contributed by atoms with van der Waals surface area (Å²) in [5.74, 6) is 1.02. The Kier molecular flexibility index (Phi) is 2.72. The summed E-state index contributed by atoms with van der Waals surface area (Å²) >= 11 is 0. The van der Waals surface area contributed by atoms with Crippen molar-refractivity contribution in [2.24, 2.45) is 0 Å². The molecular formula is C17H19NO2. The number of methoxy groups -OCH3 is 1. The highest BCUT2D eigenvalue weighted by molar-refractivity contribution is 5.90. The summed E-state index contributed by atoms with van der Waals surface area (Å²) in [4.78, 5) is 0. The molecule has 1 saturated heterocycles. The second kappa shape index (κ2) is 4.47. The van der Waals surface area contributed by atoms with Gasteiger partial charge < -0.3 is 14.8 Å². The van der Waals surface area contributed by atoms with E-state index in [9.17, 15) is 0 Å². The molecule has 1 N–H and O–H groups in total. The van der Waals surface area contributed by atoms with Gasteiger partial charge >= 0.3 is 0 Å². The molecule has 2 aliphatic heterocycles. The van der Waals surface area contributed by atoms with Crippen molar-refractivity contribution in [3.8, 4) is 5.75 Å². The van der Waals surface area contributed by atoms with Crippen LogP contribution in [0.15, 0.2) is 36.4 Å². The Bertz CT molecular complexity index is 646. The maximum atomic E-state index is 6.48. The highest BCUT2D eigenvalue weighted by Crippen LogP contribution is 2.46. The van der Waals surface area contributed by atoms with Crippen molar-refractivity contribution < 1.29 is 9.47 Å². The minimum atomic E-state index is -0.0994. The summed E-state index contributed by atoms with van der Waals surface area (Å²) in [6.45, 7) is 1.94. The van der Waals surface area contributed by atoms with Crippen LogP contribution in [0.5, 0.6) is 5.75 Å². The van der Waals surface area contributed by atoms with E-state index in [1.54, 1.807) is 7.11 Å². The molecule has 4 rings (SSSR count). The van der Waals surface area contributed by atoms with E-state index >= 15 is 0 Å². The molecular weight excluding hydrogens is 250 g/mol. The van der Waals surface area contributed by atoms with Crippen LogP contribution in [0.3, 0.4) is 0 Å². The molecule has 3 nitrogen and oxygen atoms in total. The van der Waals surface area contributed by atoms with Crippen LogP contribution in [0.25, 0.3) is 10.8 Å². The van der Waals surface area contributed by atoms with Crippen molar-refractivity contribution in [1.82, 2.24) is 5.32 Å². The zero-order valence-electron chi connectivity index (χ0n) is 11.7. The molecule has 0 aromatic heterocycles. The zero-order valence-corrected chi connectivity index (χ0v) is 11.7. The van der Waals surface area contributed by atoms with Crippen molar-refractivity contribution in [2.45, 2.75) is 24.5 Å². The topological polar surface area (TPSA) is 30.5 Å². The lowest BCUT2D eigenvalue weighted by Gasteiger charge is -2.39. The third-order valence-corrected chi connectivity index (χ3v) is 4.62. The van der Waals surface area contributed by atoms with Crippen molar-refractivity contribution >= 4 is 10.8 Å². The number of fused-ring (bicyclic) bond motifs is 3. The van der Waals surface area contributed by atoms with Gasteiger partial charge in [0.05, 0.1) is 6.10 Å². The predicted molar refractivity (Wildman–Crippen MR) is 79.2 cm³/mol. The Morgan fingerprint density at radius 1 is 1.25 bits per heavy atom. The van der Waals surface area contributed by atoms with Crippen LogP contribution in [0.2, 0.25) is 0 Å². The highest BCUT2D eigenvalue weighted by atomic mass is 16.5. The Morgan fingerprint density at radius 3 is 2.95 bits per heavy atom. The number of rotatable bonds is 1. The molecule has 2 heterocycles. The maximum Gasteiger partial charge on any atom is 0.133 e. The first-order chi connectivity index (χ1) is 9.81. The molecule has 3 heteroatoms. The fourth-order valence-electron chi connectivity index (χ4n) is 3.53. The summed E-state index contributed by atoms with van der Waals surface area (Å²) in [7, 11) is 1.80. The van der Waals surface area contributed by atoms with Crippen LogP contribution < -0.4 is 10.1 Å². The van der Waals surface area contributed by atoms with Crippen LogP contribution in [0.1, 0.15) is 24.5 Å². The van der Waals surface area contributed by atoms with Crippen molar-refractivity contribution in [2.75, 3.05) is 20.2 Å². The molecule has 104 valence electrons. The van der Waals surface area contributed by atoms with Gasteiger partial charge in [-0.15, -0.1) is 0 Å². The lowest BCUT2D eigenvalue weighted by atomic mass is 9.87. The van der Waals surface area contributed by atoms with E-state index in [4.69, 9.17) is 9.47 Å². The molecule has 1 spiro atoms. The maximum absolute atomic E-state index is 6.48. The van der Waals surface area contributed by atoms with E-state index < -0.39 is 0 Å². The summed E-state index contributed by atoms with van der Waals surface area (Å²) in [5.41, 5.74) is 1.08. The smallest absolute Gasteiger partial charge is 0.133 e. The largest absolute Gasteiger partial charge is 0.485 e. The summed E-state index contributed by atoms with van der Waals surface area (Å²) in [5, 5.41) is 5.84. The van der Waals surface area contributed by atoms with E-state index in [1.807, 2.05) is 0 Å². The summed E-state index contributed by atoms with van der Waals surface area (Å²) < 4.78 is 12.2. The first kappa shape index (κ1) is 12.2. The second-order valence-corrected chi connectivity index (χ2v) is 5.85. The second-order valence-electron chi connectivity index (χ2n) is 5.85. The van der Waals surface area contributed by atoms with Gasteiger partial charge in [-0.3, -0.25) is 0 Å². The molecule has 0 radical (unpaired) electrons. The Hall–Kier alpha value is -1.58. The molecule has 2 aliphatic rings. The highest BCUT2D eigenvalue weighted by Gasteiger charge is 2.43. The normalized spacial score (nSPS) is 28.6. The van der Waals surface area contributed by atoms with Gasteiger partial charge in [0.1, 0.15) is 11.4 Å². The molecule has 0 bridgehead atoms. The Labute approximate surface area is 118 Å². The van der Waals surface area contributed by atoms with Crippen LogP contribution in [0, 0.1) is 0 Å². The van der Waals surface area contributed by atoms with Crippen molar-refractivity contribution in [3.63, 3.8) is 0 Å². The van der Waals surface area contributed by atoms with Gasteiger partial charge in [0.25, 0.3) is 0 Å². The first-order valence-corrected chi connectivity index (χ1v) is 7.25. The standard InChI is InChI=1S/C17H19NO2/c1-19-15-10-17(8-9-18-11-17)20-16-13-5-3-2-4-12(13)6-7-14(15)16/h2-7,15,18H,8-11H2,1H3. The van der Waals surface area contributed by atoms with E-state index in [-0.39, 0.29) is 11.7 Å². The third-order valence-electron chi connectivity index (χ3n) is 4.62. The lowest BCUT2D eigenvalue weighted by molar-refractivity contribution is -0.0190. The Balaban J connectivity index is 1.91.